The standard InChI is InChI=1S/C15H18F2N2O2/c1-10(2)14(20)18-6-8-19(9-7-18)15(21)13-11(16)4-3-5-12(13)17/h3-5,10H,6-9H2,1-2H3. The summed E-state index contributed by atoms with van der Waals surface area (Å²) in [6, 6.07) is 3.35. The number of amides is 2. The number of hydrogen-bond donors (Lipinski definition) is 0. The molecule has 1 aliphatic rings. The quantitative estimate of drug-likeness (QED) is 0.836. The van der Waals surface area contributed by atoms with Crippen molar-refractivity contribution in [2.24, 2.45) is 5.92 Å². The first-order valence-corrected chi connectivity index (χ1v) is 6.94. The fraction of sp³-hybridized carbons (Fsp3) is 0.467. The van der Waals surface area contributed by atoms with Crippen molar-refractivity contribution in [1.82, 2.24) is 9.80 Å². The molecule has 4 nitrogen and oxygen atoms in total. The number of carbonyl (C=O) groups excluding carboxylic acids is 2. The number of carbonyl (C=O) groups is 2. The van der Waals surface area contributed by atoms with Crippen LogP contribution in [0.5, 0.6) is 0 Å². The third-order valence-corrected chi connectivity index (χ3v) is 3.55. The third kappa shape index (κ3) is 3.20. The van der Waals surface area contributed by atoms with Crippen LogP contribution in [0.3, 0.4) is 0 Å². The van der Waals surface area contributed by atoms with Crippen molar-refractivity contribution in [3.8, 4) is 0 Å². The predicted molar refractivity (Wildman–Crippen MR) is 73.7 cm³/mol. The molecule has 0 bridgehead atoms. The van der Waals surface area contributed by atoms with Crippen molar-refractivity contribution in [3.05, 3.63) is 35.4 Å². The Hall–Kier alpha value is -1.98. The second-order valence-electron chi connectivity index (χ2n) is 5.37. The Morgan fingerprint density at radius 3 is 1.95 bits per heavy atom. The number of piperazine rings is 1. The molecule has 1 fully saturated rings. The minimum absolute atomic E-state index is 0.0270. The van der Waals surface area contributed by atoms with Crippen LogP contribution >= 0.6 is 0 Å². The summed E-state index contributed by atoms with van der Waals surface area (Å²) in [5, 5.41) is 0. The number of hydrogen-bond acceptors (Lipinski definition) is 2. The zero-order valence-corrected chi connectivity index (χ0v) is 12.1. The van der Waals surface area contributed by atoms with Crippen LogP contribution in [0.15, 0.2) is 18.2 Å². The second-order valence-corrected chi connectivity index (χ2v) is 5.37. The SMILES string of the molecule is CC(C)C(=O)N1CCN(C(=O)c2c(F)cccc2F)CC1. The van der Waals surface area contributed by atoms with E-state index in [2.05, 4.69) is 0 Å². The van der Waals surface area contributed by atoms with Gasteiger partial charge in [-0.3, -0.25) is 9.59 Å². The fourth-order valence-electron chi connectivity index (χ4n) is 2.36. The van der Waals surface area contributed by atoms with E-state index in [1.165, 1.54) is 11.0 Å². The first-order valence-electron chi connectivity index (χ1n) is 6.94. The molecule has 1 aromatic carbocycles. The van der Waals surface area contributed by atoms with Gasteiger partial charge in [0, 0.05) is 32.1 Å². The third-order valence-electron chi connectivity index (χ3n) is 3.55. The van der Waals surface area contributed by atoms with Gasteiger partial charge in [-0.2, -0.15) is 0 Å². The smallest absolute Gasteiger partial charge is 0.259 e. The molecule has 114 valence electrons. The number of halogens is 2. The van der Waals surface area contributed by atoms with Gasteiger partial charge in [-0.05, 0) is 12.1 Å². The van der Waals surface area contributed by atoms with Crippen molar-refractivity contribution in [2.45, 2.75) is 13.8 Å². The van der Waals surface area contributed by atoms with Gasteiger partial charge in [0.15, 0.2) is 0 Å². The maximum absolute atomic E-state index is 13.6. The lowest BCUT2D eigenvalue weighted by Gasteiger charge is -2.35. The van der Waals surface area contributed by atoms with Crippen molar-refractivity contribution < 1.29 is 18.4 Å². The Kier molecular flexibility index (Phi) is 4.55. The summed E-state index contributed by atoms with van der Waals surface area (Å²) in [7, 11) is 0. The summed E-state index contributed by atoms with van der Waals surface area (Å²) < 4.78 is 27.2. The van der Waals surface area contributed by atoms with Crippen LogP contribution < -0.4 is 0 Å². The van der Waals surface area contributed by atoms with Crippen molar-refractivity contribution in [3.63, 3.8) is 0 Å². The van der Waals surface area contributed by atoms with Crippen LogP contribution in [-0.4, -0.2) is 47.8 Å². The van der Waals surface area contributed by atoms with Crippen LogP contribution in [-0.2, 0) is 4.79 Å². The molecule has 1 heterocycles. The molecule has 1 aliphatic heterocycles. The molecule has 2 amide bonds. The lowest BCUT2D eigenvalue weighted by molar-refractivity contribution is -0.135. The number of nitrogens with zero attached hydrogens (tertiary/aromatic N) is 2. The maximum Gasteiger partial charge on any atom is 0.259 e. The van der Waals surface area contributed by atoms with Crippen LogP contribution in [0.2, 0.25) is 0 Å². The molecule has 0 spiro atoms. The second kappa shape index (κ2) is 6.20. The van der Waals surface area contributed by atoms with Crippen molar-refractivity contribution in [2.75, 3.05) is 26.2 Å². The van der Waals surface area contributed by atoms with E-state index >= 15 is 0 Å². The first kappa shape index (κ1) is 15.4. The van der Waals surface area contributed by atoms with Crippen molar-refractivity contribution >= 4 is 11.8 Å². The summed E-state index contributed by atoms with van der Waals surface area (Å²) in [6.07, 6.45) is 0. The summed E-state index contributed by atoms with van der Waals surface area (Å²) in [5.74, 6) is -2.46. The van der Waals surface area contributed by atoms with E-state index in [4.69, 9.17) is 0 Å². The highest BCUT2D eigenvalue weighted by molar-refractivity contribution is 5.95. The summed E-state index contributed by atoms with van der Waals surface area (Å²) >= 11 is 0. The highest BCUT2D eigenvalue weighted by atomic mass is 19.1. The monoisotopic (exact) mass is 296 g/mol. The molecule has 2 rings (SSSR count). The molecule has 0 N–H and O–H groups in total. The van der Waals surface area contributed by atoms with Crippen LogP contribution in [0, 0.1) is 17.6 Å². The van der Waals surface area contributed by atoms with E-state index in [9.17, 15) is 18.4 Å². The summed E-state index contributed by atoms with van der Waals surface area (Å²) in [5.41, 5.74) is -0.527. The van der Waals surface area contributed by atoms with E-state index in [1.807, 2.05) is 13.8 Å². The lowest BCUT2D eigenvalue weighted by Crippen LogP contribution is -2.51. The number of benzene rings is 1. The van der Waals surface area contributed by atoms with E-state index in [-0.39, 0.29) is 24.9 Å². The Morgan fingerprint density at radius 2 is 1.48 bits per heavy atom. The maximum atomic E-state index is 13.6. The normalized spacial score (nSPS) is 15.5. The van der Waals surface area contributed by atoms with Crippen molar-refractivity contribution in [1.29, 1.82) is 0 Å². The lowest BCUT2D eigenvalue weighted by atomic mass is 10.1. The van der Waals surface area contributed by atoms with Gasteiger partial charge in [-0.25, -0.2) is 8.78 Å². The summed E-state index contributed by atoms with van der Waals surface area (Å²) in [4.78, 5) is 27.1. The van der Waals surface area contributed by atoms with Crippen LogP contribution in [0.25, 0.3) is 0 Å². The number of rotatable bonds is 2. The summed E-state index contributed by atoms with van der Waals surface area (Å²) in [6.45, 7) is 4.97. The minimum Gasteiger partial charge on any atom is -0.339 e. The Balaban J connectivity index is 2.06. The van der Waals surface area contributed by atoms with Crippen LogP contribution in [0.1, 0.15) is 24.2 Å². The van der Waals surface area contributed by atoms with Crippen LogP contribution in [0.4, 0.5) is 8.78 Å². The average molecular weight is 296 g/mol. The van der Waals surface area contributed by atoms with E-state index in [0.717, 1.165) is 12.1 Å². The van der Waals surface area contributed by atoms with Gasteiger partial charge in [-0.15, -0.1) is 0 Å². The van der Waals surface area contributed by atoms with Gasteiger partial charge in [0.1, 0.15) is 17.2 Å². The van der Waals surface area contributed by atoms with Gasteiger partial charge in [-0.1, -0.05) is 19.9 Å². The molecule has 0 unspecified atom stereocenters. The molecular formula is C15H18F2N2O2. The molecule has 0 aromatic heterocycles. The van der Waals surface area contributed by atoms with Gasteiger partial charge in [0.2, 0.25) is 5.91 Å². The Morgan fingerprint density at radius 1 is 1.00 bits per heavy atom. The molecule has 21 heavy (non-hydrogen) atoms. The topological polar surface area (TPSA) is 40.6 Å². The first-order chi connectivity index (χ1) is 9.91. The average Bonchev–Trinajstić information content (AvgIpc) is 2.46. The van der Waals surface area contributed by atoms with E-state index in [0.29, 0.717) is 13.1 Å². The van der Waals surface area contributed by atoms with E-state index < -0.39 is 23.1 Å². The largest absolute Gasteiger partial charge is 0.339 e. The molecule has 0 atom stereocenters. The molecule has 6 heteroatoms. The zero-order valence-electron chi connectivity index (χ0n) is 12.1. The molecule has 0 radical (unpaired) electrons. The highest BCUT2D eigenvalue weighted by Crippen LogP contribution is 2.16. The minimum atomic E-state index is -0.860. The van der Waals surface area contributed by atoms with E-state index in [1.54, 1.807) is 4.90 Å². The molecular weight excluding hydrogens is 278 g/mol. The molecule has 1 aromatic rings. The van der Waals surface area contributed by atoms with Gasteiger partial charge >= 0.3 is 0 Å². The molecule has 1 saturated heterocycles. The Labute approximate surface area is 122 Å². The highest BCUT2D eigenvalue weighted by Gasteiger charge is 2.28. The zero-order chi connectivity index (χ0) is 15.6. The Bertz CT molecular complexity index is 532. The molecule has 0 aliphatic carbocycles. The van der Waals surface area contributed by atoms with Gasteiger partial charge in [0.05, 0.1) is 0 Å². The molecule has 0 saturated carbocycles. The fourth-order valence-corrected chi connectivity index (χ4v) is 2.36. The van der Waals surface area contributed by atoms with Gasteiger partial charge < -0.3 is 9.80 Å². The van der Waals surface area contributed by atoms with Gasteiger partial charge in [0.25, 0.3) is 5.91 Å². The predicted octanol–water partition coefficient (Wildman–Crippen LogP) is 1.91.